The highest BCUT2D eigenvalue weighted by Crippen LogP contribution is 2.26. The van der Waals surface area contributed by atoms with Crippen LogP contribution in [0.4, 0.5) is 0 Å². The van der Waals surface area contributed by atoms with Gasteiger partial charge in [-0.15, -0.1) is 0 Å². The monoisotopic (exact) mass is 234 g/mol. The zero-order valence-corrected chi connectivity index (χ0v) is 9.37. The average molecular weight is 234 g/mol. The molecule has 1 amide bonds. The van der Waals surface area contributed by atoms with E-state index in [1.165, 1.54) is 23.5 Å². The molecule has 0 spiro atoms. The van der Waals surface area contributed by atoms with E-state index in [1.54, 1.807) is 0 Å². The normalized spacial score (nSPS) is 14.4. The molecular weight excluding hydrogens is 220 g/mol. The summed E-state index contributed by atoms with van der Waals surface area (Å²) in [6, 6.07) is 0.173. The Balaban J connectivity index is 2.03. The second-order valence-corrected chi connectivity index (χ2v) is 3.97. The Bertz CT molecular complexity index is 417. The molecule has 1 aromatic rings. The predicted molar refractivity (Wildman–Crippen MR) is 60.2 cm³/mol. The van der Waals surface area contributed by atoms with Crippen LogP contribution < -0.4 is 5.73 Å². The van der Waals surface area contributed by atoms with E-state index in [-0.39, 0.29) is 36.5 Å². The van der Waals surface area contributed by atoms with E-state index in [0.717, 1.165) is 12.8 Å². The lowest BCUT2D eigenvalue weighted by Gasteiger charge is -2.20. The van der Waals surface area contributed by atoms with Gasteiger partial charge >= 0.3 is 0 Å². The van der Waals surface area contributed by atoms with Gasteiger partial charge in [-0.25, -0.2) is 4.98 Å². The third-order valence-electron chi connectivity index (χ3n) is 2.65. The second kappa shape index (κ2) is 5.01. The molecule has 0 atom stereocenters. The highest BCUT2D eigenvalue weighted by atomic mass is 16.2. The molecule has 0 bridgehead atoms. The zero-order chi connectivity index (χ0) is 12.3. The molecule has 6 heteroatoms. The minimum absolute atomic E-state index is 0.0411. The summed E-state index contributed by atoms with van der Waals surface area (Å²) in [6.45, 7) is -0.0242. The van der Waals surface area contributed by atoms with Crippen molar-refractivity contribution in [1.29, 1.82) is 0 Å². The van der Waals surface area contributed by atoms with Gasteiger partial charge in [0.2, 0.25) is 11.7 Å². The van der Waals surface area contributed by atoms with Gasteiger partial charge in [-0.05, 0) is 12.8 Å². The first-order valence-corrected chi connectivity index (χ1v) is 5.51. The molecule has 1 saturated carbocycles. The third kappa shape index (κ3) is 2.85. The van der Waals surface area contributed by atoms with Crippen molar-refractivity contribution in [3.05, 3.63) is 24.3 Å². The molecule has 0 aromatic carbocycles. The number of Topliss-reactive ketones (excluding diaryl/α,β-unsaturated/α-hetero) is 1. The van der Waals surface area contributed by atoms with E-state index >= 15 is 0 Å². The molecular formula is C11H14N4O2. The summed E-state index contributed by atoms with van der Waals surface area (Å²) >= 11 is 0. The molecule has 17 heavy (non-hydrogen) atoms. The van der Waals surface area contributed by atoms with Crippen LogP contribution in [0.15, 0.2) is 18.6 Å². The molecule has 6 nitrogen and oxygen atoms in total. The second-order valence-electron chi connectivity index (χ2n) is 3.97. The van der Waals surface area contributed by atoms with Gasteiger partial charge < -0.3 is 10.6 Å². The molecule has 0 aliphatic heterocycles. The maximum absolute atomic E-state index is 11.9. The van der Waals surface area contributed by atoms with Gasteiger partial charge in [0.25, 0.3) is 0 Å². The number of carbonyl (C=O) groups is 2. The van der Waals surface area contributed by atoms with Crippen LogP contribution in [0.2, 0.25) is 0 Å². The van der Waals surface area contributed by atoms with E-state index in [4.69, 9.17) is 5.73 Å². The number of rotatable bonds is 5. The Kier molecular flexibility index (Phi) is 3.43. The lowest BCUT2D eigenvalue weighted by molar-refractivity contribution is -0.129. The van der Waals surface area contributed by atoms with Crippen LogP contribution in [0.5, 0.6) is 0 Å². The molecule has 1 aliphatic rings. The van der Waals surface area contributed by atoms with E-state index in [0.29, 0.717) is 0 Å². The first kappa shape index (κ1) is 11.7. The third-order valence-corrected chi connectivity index (χ3v) is 2.65. The number of aromatic nitrogens is 2. The minimum Gasteiger partial charge on any atom is -0.331 e. The fourth-order valence-corrected chi connectivity index (χ4v) is 1.60. The zero-order valence-electron chi connectivity index (χ0n) is 9.37. The van der Waals surface area contributed by atoms with Gasteiger partial charge in [0.1, 0.15) is 5.69 Å². The summed E-state index contributed by atoms with van der Waals surface area (Å²) in [5.74, 6) is -0.392. The largest absolute Gasteiger partial charge is 0.331 e. The Morgan fingerprint density at radius 3 is 2.71 bits per heavy atom. The van der Waals surface area contributed by atoms with E-state index < -0.39 is 0 Å². The molecule has 1 heterocycles. The lowest BCUT2D eigenvalue weighted by atomic mass is 10.2. The number of hydrogen-bond donors (Lipinski definition) is 1. The minimum atomic E-state index is -0.202. The van der Waals surface area contributed by atoms with Crippen molar-refractivity contribution in [2.75, 3.05) is 13.1 Å². The molecule has 0 radical (unpaired) electrons. The molecule has 1 aliphatic carbocycles. The van der Waals surface area contributed by atoms with Crippen molar-refractivity contribution in [2.45, 2.75) is 18.9 Å². The van der Waals surface area contributed by atoms with Crippen molar-refractivity contribution in [3.8, 4) is 0 Å². The average Bonchev–Trinajstić information content (AvgIpc) is 3.20. The fraction of sp³-hybridized carbons (Fsp3) is 0.455. The number of hydrogen-bond acceptors (Lipinski definition) is 5. The summed E-state index contributed by atoms with van der Waals surface area (Å²) in [5.41, 5.74) is 5.60. The predicted octanol–water partition coefficient (Wildman–Crippen LogP) is -0.391. The van der Waals surface area contributed by atoms with Crippen LogP contribution in [0.1, 0.15) is 23.3 Å². The first-order valence-electron chi connectivity index (χ1n) is 5.51. The summed E-state index contributed by atoms with van der Waals surface area (Å²) in [7, 11) is 0. The Hall–Kier alpha value is -1.82. The number of nitrogens with two attached hydrogens (primary N) is 1. The smallest absolute Gasteiger partial charge is 0.236 e. The topological polar surface area (TPSA) is 89.2 Å². The highest BCUT2D eigenvalue weighted by molar-refractivity contribution is 5.97. The SMILES string of the molecule is NCC(=O)N(CC(=O)c1cnccn1)C1CC1. The van der Waals surface area contributed by atoms with Crippen molar-refractivity contribution >= 4 is 11.7 Å². The molecule has 90 valence electrons. The summed E-state index contributed by atoms with van der Waals surface area (Å²) in [4.78, 5) is 32.7. The van der Waals surface area contributed by atoms with E-state index in [2.05, 4.69) is 9.97 Å². The van der Waals surface area contributed by atoms with Crippen LogP contribution in [0.25, 0.3) is 0 Å². The van der Waals surface area contributed by atoms with Crippen molar-refractivity contribution in [2.24, 2.45) is 5.73 Å². The van der Waals surface area contributed by atoms with Crippen molar-refractivity contribution < 1.29 is 9.59 Å². The molecule has 0 saturated heterocycles. The Labute approximate surface area is 98.8 Å². The van der Waals surface area contributed by atoms with E-state index in [1.807, 2.05) is 0 Å². The number of ketones is 1. The van der Waals surface area contributed by atoms with Gasteiger partial charge in [0, 0.05) is 18.4 Å². The molecule has 2 N–H and O–H groups in total. The fourth-order valence-electron chi connectivity index (χ4n) is 1.60. The first-order chi connectivity index (χ1) is 8.22. The van der Waals surface area contributed by atoms with Crippen LogP contribution in [0, 0.1) is 0 Å². The maximum Gasteiger partial charge on any atom is 0.236 e. The standard InChI is InChI=1S/C11H14N4O2/c12-5-11(17)15(8-1-2-8)7-10(16)9-6-13-3-4-14-9/h3-4,6,8H,1-2,5,7,12H2. The van der Waals surface area contributed by atoms with Crippen molar-refractivity contribution in [1.82, 2.24) is 14.9 Å². The molecule has 1 aromatic heterocycles. The lowest BCUT2D eigenvalue weighted by Crippen LogP contribution is -2.41. The molecule has 0 unspecified atom stereocenters. The number of amides is 1. The molecule has 1 fully saturated rings. The Morgan fingerprint density at radius 2 is 2.18 bits per heavy atom. The number of carbonyl (C=O) groups excluding carboxylic acids is 2. The van der Waals surface area contributed by atoms with Gasteiger partial charge in [-0.2, -0.15) is 0 Å². The summed E-state index contributed by atoms with van der Waals surface area (Å²) in [5, 5.41) is 0. The van der Waals surface area contributed by atoms with Crippen molar-refractivity contribution in [3.63, 3.8) is 0 Å². The van der Waals surface area contributed by atoms with Crippen LogP contribution in [0.3, 0.4) is 0 Å². The Morgan fingerprint density at radius 1 is 1.41 bits per heavy atom. The van der Waals surface area contributed by atoms with Crippen LogP contribution in [-0.4, -0.2) is 45.7 Å². The summed E-state index contributed by atoms with van der Waals surface area (Å²) in [6.07, 6.45) is 6.25. The van der Waals surface area contributed by atoms with Gasteiger partial charge in [-0.1, -0.05) is 0 Å². The quantitative estimate of drug-likeness (QED) is 0.701. The maximum atomic E-state index is 11.9. The summed E-state index contributed by atoms with van der Waals surface area (Å²) < 4.78 is 0. The van der Waals surface area contributed by atoms with E-state index in [9.17, 15) is 9.59 Å². The van der Waals surface area contributed by atoms with Gasteiger partial charge in [-0.3, -0.25) is 14.6 Å². The van der Waals surface area contributed by atoms with Gasteiger partial charge in [0.15, 0.2) is 0 Å². The molecule has 2 rings (SSSR count). The number of nitrogens with zero attached hydrogens (tertiary/aromatic N) is 3. The van der Waals surface area contributed by atoms with Crippen LogP contribution in [-0.2, 0) is 4.79 Å². The van der Waals surface area contributed by atoms with Gasteiger partial charge in [0.05, 0.1) is 19.3 Å². The van der Waals surface area contributed by atoms with Crippen LogP contribution >= 0.6 is 0 Å². The highest BCUT2D eigenvalue weighted by Gasteiger charge is 2.33.